The van der Waals surface area contributed by atoms with Crippen LogP contribution in [0.2, 0.25) is 0 Å². The fourth-order valence-corrected chi connectivity index (χ4v) is 2.75. The van der Waals surface area contributed by atoms with Crippen LogP contribution in [-0.4, -0.2) is 27.3 Å². The Bertz CT molecular complexity index is 463. The summed E-state index contributed by atoms with van der Waals surface area (Å²) < 4.78 is 7.36. The molecular formula is C13H19N3O2. The number of hydrogen-bond donors (Lipinski definition) is 0. The predicted molar refractivity (Wildman–Crippen MR) is 65.1 cm³/mol. The lowest BCUT2D eigenvalue weighted by atomic mass is 10.1. The summed E-state index contributed by atoms with van der Waals surface area (Å²) in [4.78, 5) is 12.1. The molecule has 1 aliphatic carbocycles. The fourth-order valence-electron chi connectivity index (χ4n) is 2.75. The van der Waals surface area contributed by atoms with Gasteiger partial charge in [-0.25, -0.2) is 0 Å². The molecule has 0 N–H and O–H groups in total. The minimum absolute atomic E-state index is 0.121. The number of hydrogen-bond acceptors (Lipinski definition) is 4. The van der Waals surface area contributed by atoms with E-state index in [1.54, 1.807) is 0 Å². The van der Waals surface area contributed by atoms with Gasteiger partial charge in [0.25, 0.3) is 0 Å². The van der Waals surface area contributed by atoms with E-state index in [1.807, 2.05) is 6.92 Å². The number of carbonyl (C=O) groups excluding carboxylic acids is 1. The lowest BCUT2D eigenvalue weighted by molar-refractivity contribution is -0.146. The van der Waals surface area contributed by atoms with Crippen LogP contribution in [-0.2, 0) is 27.9 Å². The molecule has 2 aliphatic rings. The van der Waals surface area contributed by atoms with Gasteiger partial charge >= 0.3 is 5.97 Å². The summed E-state index contributed by atoms with van der Waals surface area (Å²) in [5, 5.41) is 8.56. The Morgan fingerprint density at radius 2 is 2.17 bits per heavy atom. The topological polar surface area (TPSA) is 57.0 Å². The van der Waals surface area contributed by atoms with Gasteiger partial charge in [0.1, 0.15) is 11.2 Å². The molecule has 1 aromatic rings. The van der Waals surface area contributed by atoms with Gasteiger partial charge in [-0.05, 0) is 32.6 Å². The first-order chi connectivity index (χ1) is 8.78. The molecule has 0 amide bonds. The lowest BCUT2D eigenvalue weighted by Gasteiger charge is -2.15. The Morgan fingerprint density at radius 3 is 2.89 bits per heavy atom. The number of nitrogens with zero attached hydrogens (tertiary/aromatic N) is 3. The molecule has 3 rings (SSSR count). The van der Waals surface area contributed by atoms with Crippen LogP contribution in [0, 0.1) is 0 Å². The summed E-state index contributed by atoms with van der Waals surface area (Å²) in [6, 6.07) is 0. The van der Waals surface area contributed by atoms with Crippen molar-refractivity contribution in [2.45, 2.75) is 57.4 Å². The molecule has 1 aromatic heterocycles. The maximum atomic E-state index is 12.1. The van der Waals surface area contributed by atoms with Crippen molar-refractivity contribution in [1.82, 2.24) is 14.8 Å². The minimum atomic E-state index is -0.481. The first kappa shape index (κ1) is 11.7. The second-order valence-corrected chi connectivity index (χ2v) is 5.20. The summed E-state index contributed by atoms with van der Waals surface area (Å²) in [5.41, 5.74) is -0.481. The molecule has 1 fully saturated rings. The van der Waals surface area contributed by atoms with Crippen LogP contribution in [0.3, 0.4) is 0 Å². The van der Waals surface area contributed by atoms with Crippen molar-refractivity contribution in [3.63, 3.8) is 0 Å². The molecule has 0 unspecified atom stereocenters. The number of aryl methyl sites for hydroxylation is 1. The quantitative estimate of drug-likeness (QED) is 0.763. The van der Waals surface area contributed by atoms with Gasteiger partial charge in [-0.1, -0.05) is 6.42 Å². The number of ether oxygens (including phenoxy) is 1. The molecule has 0 spiro atoms. The SMILES string of the molecule is CCOC(=O)C1(c2nnc3n2CCCCC3)CC1. The molecule has 0 atom stereocenters. The summed E-state index contributed by atoms with van der Waals surface area (Å²) in [7, 11) is 0. The monoisotopic (exact) mass is 249 g/mol. The van der Waals surface area contributed by atoms with Gasteiger partial charge in [-0.3, -0.25) is 4.79 Å². The summed E-state index contributed by atoms with van der Waals surface area (Å²) in [6.07, 6.45) is 6.23. The zero-order chi connectivity index (χ0) is 12.6. The van der Waals surface area contributed by atoms with Gasteiger partial charge in [0.2, 0.25) is 0 Å². The Balaban J connectivity index is 1.93. The van der Waals surface area contributed by atoms with Crippen LogP contribution < -0.4 is 0 Å². The van der Waals surface area contributed by atoms with E-state index < -0.39 is 5.41 Å². The van der Waals surface area contributed by atoms with E-state index in [9.17, 15) is 4.79 Å². The first-order valence-corrected chi connectivity index (χ1v) is 6.88. The van der Waals surface area contributed by atoms with E-state index >= 15 is 0 Å². The van der Waals surface area contributed by atoms with Crippen molar-refractivity contribution >= 4 is 5.97 Å². The van der Waals surface area contributed by atoms with Crippen molar-refractivity contribution in [3.8, 4) is 0 Å². The predicted octanol–water partition coefficient (Wildman–Crippen LogP) is 1.60. The molecule has 0 radical (unpaired) electrons. The lowest BCUT2D eigenvalue weighted by Crippen LogP contribution is -2.27. The van der Waals surface area contributed by atoms with Gasteiger partial charge in [-0.15, -0.1) is 10.2 Å². The van der Waals surface area contributed by atoms with Gasteiger partial charge < -0.3 is 9.30 Å². The molecule has 0 aromatic carbocycles. The Labute approximate surface area is 107 Å². The molecule has 1 aliphatic heterocycles. The second kappa shape index (κ2) is 4.37. The van der Waals surface area contributed by atoms with Crippen molar-refractivity contribution < 1.29 is 9.53 Å². The number of rotatable bonds is 3. The smallest absolute Gasteiger partial charge is 0.319 e. The highest BCUT2D eigenvalue weighted by Crippen LogP contribution is 2.48. The van der Waals surface area contributed by atoms with E-state index in [0.29, 0.717) is 6.61 Å². The van der Waals surface area contributed by atoms with Crippen LogP contribution in [0.1, 0.15) is 50.7 Å². The van der Waals surface area contributed by atoms with Gasteiger partial charge in [0.05, 0.1) is 6.61 Å². The average molecular weight is 249 g/mol. The first-order valence-electron chi connectivity index (χ1n) is 6.88. The molecular weight excluding hydrogens is 230 g/mol. The molecule has 98 valence electrons. The third kappa shape index (κ3) is 1.72. The van der Waals surface area contributed by atoms with Crippen LogP contribution in [0.5, 0.6) is 0 Å². The molecule has 5 heteroatoms. The maximum absolute atomic E-state index is 12.1. The van der Waals surface area contributed by atoms with Crippen molar-refractivity contribution in [3.05, 3.63) is 11.6 Å². The largest absolute Gasteiger partial charge is 0.465 e. The zero-order valence-corrected chi connectivity index (χ0v) is 10.8. The highest BCUT2D eigenvalue weighted by Gasteiger charge is 2.56. The van der Waals surface area contributed by atoms with Crippen LogP contribution >= 0.6 is 0 Å². The van der Waals surface area contributed by atoms with Crippen molar-refractivity contribution in [2.24, 2.45) is 0 Å². The van der Waals surface area contributed by atoms with Gasteiger partial charge in [0, 0.05) is 13.0 Å². The fraction of sp³-hybridized carbons (Fsp3) is 0.769. The van der Waals surface area contributed by atoms with E-state index in [0.717, 1.165) is 43.9 Å². The highest BCUT2D eigenvalue weighted by atomic mass is 16.5. The summed E-state index contributed by atoms with van der Waals surface area (Å²) in [5.74, 6) is 1.76. The Morgan fingerprint density at radius 1 is 1.33 bits per heavy atom. The molecule has 5 nitrogen and oxygen atoms in total. The van der Waals surface area contributed by atoms with E-state index in [-0.39, 0.29) is 5.97 Å². The van der Waals surface area contributed by atoms with E-state index in [4.69, 9.17) is 4.74 Å². The standard InChI is InChI=1S/C13H19N3O2/c1-2-18-12(17)13(7-8-13)11-15-14-10-6-4-3-5-9-16(10)11/h2-9H2,1H3. The average Bonchev–Trinajstić information content (AvgIpc) is 3.13. The number of carbonyl (C=O) groups is 1. The highest BCUT2D eigenvalue weighted by molar-refractivity contribution is 5.85. The number of esters is 1. The Hall–Kier alpha value is -1.39. The number of fused-ring (bicyclic) bond motifs is 1. The zero-order valence-electron chi connectivity index (χ0n) is 10.8. The van der Waals surface area contributed by atoms with Crippen LogP contribution in [0.15, 0.2) is 0 Å². The summed E-state index contributed by atoms with van der Waals surface area (Å²) >= 11 is 0. The van der Waals surface area contributed by atoms with Gasteiger partial charge in [0.15, 0.2) is 5.82 Å². The van der Waals surface area contributed by atoms with E-state index in [2.05, 4.69) is 14.8 Å². The molecule has 0 bridgehead atoms. The molecule has 1 saturated carbocycles. The molecule has 18 heavy (non-hydrogen) atoms. The maximum Gasteiger partial charge on any atom is 0.319 e. The molecule has 0 saturated heterocycles. The normalized spacial score (nSPS) is 20.9. The third-order valence-electron chi connectivity index (χ3n) is 3.95. The van der Waals surface area contributed by atoms with Crippen LogP contribution in [0.25, 0.3) is 0 Å². The third-order valence-corrected chi connectivity index (χ3v) is 3.95. The van der Waals surface area contributed by atoms with Crippen LogP contribution in [0.4, 0.5) is 0 Å². The van der Waals surface area contributed by atoms with Crippen molar-refractivity contribution in [1.29, 1.82) is 0 Å². The molecule has 2 heterocycles. The van der Waals surface area contributed by atoms with Crippen molar-refractivity contribution in [2.75, 3.05) is 6.61 Å². The Kier molecular flexibility index (Phi) is 2.84. The minimum Gasteiger partial charge on any atom is -0.465 e. The summed E-state index contributed by atoms with van der Waals surface area (Å²) in [6.45, 7) is 3.22. The van der Waals surface area contributed by atoms with E-state index in [1.165, 1.54) is 12.8 Å². The van der Waals surface area contributed by atoms with Gasteiger partial charge in [-0.2, -0.15) is 0 Å². The second-order valence-electron chi connectivity index (χ2n) is 5.20. The number of aromatic nitrogens is 3.